The number of ketones is 1. The highest BCUT2D eigenvalue weighted by atomic mass is 16.7. The Hall–Kier alpha value is -3.55. The van der Waals surface area contributed by atoms with Crippen LogP contribution < -0.4 is 9.47 Å². The zero-order chi connectivity index (χ0) is 21.7. The van der Waals surface area contributed by atoms with Crippen molar-refractivity contribution < 1.29 is 33.3 Å². The van der Waals surface area contributed by atoms with Gasteiger partial charge in [-0.25, -0.2) is 9.59 Å². The van der Waals surface area contributed by atoms with Gasteiger partial charge in [-0.1, -0.05) is 6.07 Å². The van der Waals surface area contributed by atoms with Crippen molar-refractivity contribution in [1.82, 2.24) is 4.57 Å². The number of aryl methyl sites for hydroxylation is 1. The summed E-state index contributed by atoms with van der Waals surface area (Å²) in [5.74, 6) is -0.334. The number of hydrogen-bond donors (Lipinski definition) is 0. The lowest BCUT2D eigenvalue weighted by Gasteiger charge is -2.10. The molecule has 0 fully saturated rings. The lowest BCUT2D eigenvalue weighted by molar-refractivity contribution is -0.139. The van der Waals surface area contributed by atoms with E-state index in [1.807, 2.05) is 36.6 Å². The summed E-state index contributed by atoms with van der Waals surface area (Å²) < 4.78 is 22.4. The third-order valence-corrected chi connectivity index (χ3v) is 4.64. The third-order valence-electron chi connectivity index (χ3n) is 4.64. The lowest BCUT2D eigenvalue weighted by Crippen LogP contribution is -2.14. The molecule has 30 heavy (non-hydrogen) atoms. The average molecular weight is 413 g/mol. The van der Waals surface area contributed by atoms with Crippen LogP contribution in [-0.4, -0.2) is 42.3 Å². The fraction of sp³-hybridized carbons (Fsp3) is 0.318. The summed E-state index contributed by atoms with van der Waals surface area (Å²) in [6, 6.07) is 7.50. The molecule has 1 aliphatic heterocycles. The van der Waals surface area contributed by atoms with Crippen LogP contribution in [0.25, 0.3) is 0 Å². The van der Waals surface area contributed by atoms with Gasteiger partial charge in [-0.3, -0.25) is 4.79 Å². The zero-order valence-corrected chi connectivity index (χ0v) is 17.1. The maximum atomic E-state index is 12.5. The summed E-state index contributed by atoms with van der Waals surface area (Å²) in [4.78, 5) is 35.4. The van der Waals surface area contributed by atoms with Gasteiger partial charge in [0.2, 0.25) is 12.6 Å². The number of ether oxygens (including phenoxy) is 4. The topological polar surface area (TPSA) is 93.1 Å². The largest absolute Gasteiger partial charge is 0.463 e. The molecule has 0 spiro atoms. The Labute approximate surface area is 174 Å². The molecule has 0 radical (unpaired) electrons. The Morgan fingerprint density at radius 3 is 2.47 bits per heavy atom. The first-order valence-electron chi connectivity index (χ1n) is 9.49. The van der Waals surface area contributed by atoms with Gasteiger partial charge in [0, 0.05) is 35.6 Å². The molecule has 0 bridgehead atoms. The Morgan fingerprint density at radius 2 is 1.73 bits per heavy atom. The van der Waals surface area contributed by atoms with E-state index in [9.17, 15) is 14.4 Å². The van der Waals surface area contributed by atoms with Crippen molar-refractivity contribution in [1.29, 1.82) is 0 Å². The van der Waals surface area contributed by atoms with Crippen molar-refractivity contribution in [2.75, 3.05) is 20.0 Å². The molecule has 0 unspecified atom stereocenters. The number of carbonyl (C=O) groups excluding carboxylic acids is 3. The summed E-state index contributed by atoms with van der Waals surface area (Å²) in [7, 11) is 0. The number of esters is 2. The van der Waals surface area contributed by atoms with Crippen LogP contribution in [0.5, 0.6) is 11.5 Å². The molecular weight excluding hydrogens is 390 g/mol. The van der Waals surface area contributed by atoms with Gasteiger partial charge in [-0.15, -0.1) is 0 Å². The van der Waals surface area contributed by atoms with Crippen molar-refractivity contribution in [3.05, 3.63) is 58.9 Å². The number of benzene rings is 1. The number of nitrogens with zero attached hydrogens (tertiary/aromatic N) is 1. The molecule has 2 heterocycles. The molecule has 1 aromatic heterocycles. The van der Waals surface area contributed by atoms with Crippen LogP contribution in [-0.2, 0) is 25.6 Å². The summed E-state index contributed by atoms with van der Waals surface area (Å²) in [6.07, 6.45) is 1.90. The maximum Gasteiger partial charge on any atom is 0.331 e. The fourth-order valence-corrected chi connectivity index (χ4v) is 3.14. The van der Waals surface area contributed by atoms with Crippen LogP contribution in [0.2, 0.25) is 0 Å². The highest BCUT2D eigenvalue weighted by molar-refractivity contribution is 6.00. The number of Topliss-reactive ketones (excluding diaryl/α,β-unsaturated/α-hetero) is 1. The number of hydrogen-bond acceptors (Lipinski definition) is 7. The molecule has 8 heteroatoms. The predicted octanol–water partition coefficient (Wildman–Crippen LogP) is 2.73. The minimum atomic E-state index is -0.787. The second-order valence-corrected chi connectivity index (χ2v) is 6.67. The Balaban J connectivity index is 1.64. The van der Waals surface area contributed by atoms with E-state index in [1.54, 1.807) is 13.0 Å². The van der Waals surface area contributed by atoms with Crippen LogP contribution in [0, 0.1) is 13.8 Å². The predicted molar refractivity (Wildman–Crippen MR) is 107 cm³/mol. The first kappa shape index (κ1) is 21.2. The number of rotatable bonds is 8. The van der Waals surface area contributed by atoms with Crippen molar-refractivity contribution in [3.8, 4) is 11.5 Å². The van der Waals surface area contributed by atoms with Gasteiger partial charge < -0.3 is 23.5 Å². The van der Waals surface area contributed by atoms with Crippen molar-refractivity contribution in [2.24, 2.45) is 0 Å². The van der Waals surface area contributed by atoms with Gasteiger partial charge in [0.15, 0.2) is 18.1 Å². The molecule has 0 atom stereocenters. The van der Waals surface area contributed by atoms with Gasteiger partial charge in [0.25, 0.3) is 0 Å². The monoisotopic (exact) mass is 413 g/mol. The van der Waals surface area contributed by atoms with E-state index in [0.29, 0.717) is 17.9 Å². The zero-order valence-electron chi connectivity index (χ0n) is 17.1. The third kappa shape index (κ3) is 4.89. The Bertz CT molecular complexity index is 1000. The highest BCUT2D eigenvalue weighted by Crippen LogP contribution is 2.33. The van der Waals surface area contributed by atoms with Gasteiger partial charge >= 0.3 is 11.9 Å². The van der Waals surface area contributed by atoms with Gasteiger partial charge in [0.1, 0.15) is 0 Å². The smallest absolute Gasteiger partial charge is 0.331 e. The molecule has 8 nitrogen and oxygen atoms in total. The molecule has 1 aliphatic rings. The quantitative estimate of drug-likeness (QED) is 0.373. The summed E-state index contributed by atoms with van der Waals surface area (Å²) in [6.45, 7) is 5.97. The Kier molecular flexibility index (Phi) is 6.56. The molecule has 158 valence electrons. The van der Waals surface area contributed by atoms with E-state index in [1.165, 1.54) is 0 Å². The van der Waals surface area contributed by atoms with Crippen LogP contribution >= 0.6 is 0 Å². The second kappa shape index (κ2) is 9.30. The standard InChI is InChI=1S/C22H23NO7/c1-4-27-21(25)7-8-22(26)28-12-18(24)17-9-14(2)23(15(17)3)11-16-5-6-19-20(10-16)30-13-29-19/h5-10H,4,11-13H2,1-3H3/b8-7+. The molecule has 3 rings (SSSR count). The molecule has 0 saturated heterocycles. The first-order valence-corrected chi connectivity index (χ1v) is 9.49. The van der Waals surface area contributed by atoms with Crippen molar-refractivity contribution in [3.63, 3.8) is 0 Å². The summed E-state index contributed by atoms with van der Waals surface area (Å²) in [5, 5.41) is 0. The lowest BCUT2D eigenvalue weighted by atomic mass is 10.1. The van der Waals surface area contributed by atoms with Crippen LogP contribution in [0.1, 0.15) is 34.2 Å². The number of fused-ring (bicyclic) bond motifs is 1. The minimum Gasteiger partial charge on any atom is -0.463 e. The highest BCUT2D eigenvalue weighted by Gasteiger charge is 2.18. The maximum absolute atomic E-state index is 12.5. The molecule has 1 aromatic carbocycles. The second-order valence-electron chi connectivity index (χ2n) is 6.67. The van der Waals surface area contributed by atoms with Crippen molar-refractivity contribution in [2.45, 2.75) is 27.3 Å². The van der Waals surface area contributed by atoms with E-state index in [-0.39, 0.29) is 19.2 Å². The first-order chi connectivity index (χ1) is 14.4. The van der Waals surface area contributed by atoms with Crippen LogP contribution in [0.15, 0.2) is 36.4 Å². The van der Waals surface area contributed by atoms with Gasteiger partial charge in [0.05, 0.1) is 6.61 Å². The van der Waals surface area contributed by atoms with Gasteiger partial charge in [-0.2, -0.15) is 0 Å². The molecule has 2 aromatic rings. The molecule has 0 aliphatic carbocycles. The van der Waals surface area contributed by atoms with Crippen LogP contribution in [0.3, 0.4) is 0 Å². The molecular formula is C22H23NO7. The van der Waals surface area contributed by atoms with E-state index < -0.39 is 18.5 Å². The SMILES string of the molecule is CCOC(=O)/C=C/C(=O)OCC(=O)c1cc(C)n(Cc2ccc3c(c2)OCO3)c1C. The van der Waals surface area contributed by atoms with E-state index in [0.717, 1.165) is 34.9 Å². The fourth-order valence-electron chi connectivity index (χ4n) is 3.14. The average Bonchev–Trinajstić information content (AvgIpc) is 3.30. The molecule has 0 N–H and O–H groups in total. The van der Waals surface area contributed by atoms with Crippen LogP contribution in [0.4, 0.5) is 0 Å². The molecule has 0 saturated carbocycles. The van der Waals surface area contributed by atoms with E-state index >= 15 is 0 Å². The van der Waals surface area contributed by atoms with E-state index in [2.05, 4.69) is 4.74 Å². The Morgan fingerprint density at radius 1 is 1.03 bits per heavy atom. The van der Waals surface area contributed by atoms with Crippen molar-refractivity contribution >= 4 is 17.7 Å². The minimum absolute atomic E-state index is 0.207. The van der Waals surface area contributed by atoms with Gasteiger partial charge in [-0.05, 0) is 44.5 Å². The summed E-state index contributed by atoms with van der Waals surface area (Å²) >= 11 is 0. The van der Waals surface area contributed by atoms with E-state index in [4.69, 9.17) is 14.2 Å². The number of carbonyl (C=O) groups is 3. The molecule has 0 amide bonds. The normalized spacial score (nSPS) is 12.2. The number of aromatic nitrogens is 1. The summed E-state index contributed by atoms with van der Waals surface area (Å²) in [5.41, 5.74) is 3.17.